The minimum absolute atomic E-state index is 0.165. The zero-order valence-corrected chi connectivity index (χ0v) is 14.6. The van der Waals surface area contributed by atoms with Crippen molar-refractivity contribution < 1.29 is 14.4 Å². The van der Waals surface area contributed by atoms with E-state index in [1.807, 2.05) is 12.1 Å². The van der Waals surface area contributed by atoms with Gasteiger partial charge in [0.25, 0.3) is 0 Å². The van der Waals surface area contributed by atoms with Crippen LogP contribution >= 0.6 is 11.6 Å². The average Bonchev–Trinajstić information content (AvgIpc) is 3.26. The molecule has 0 spiro atoms. The summed E-state index contributed by atoms with van der Waals surface area (Å²) in [5, 5.41) is 0.640. The summed E-state index contributed by atoms with van der Waals surface area (Å²) in [6.07, 6.45) is 5.00. The summed E-state index contributed by atoms with van der Waals surface area (Å²) in [6.45, 7) is 0.236. The van der Waals surface area contributed by atoms with E-state index in [-0.39, 0.29) is 47.9 Å². The molecular weight excluding hydrogens is 340 g/mol. The van der Waals surface area contributed by atoms with Gasteiger partial charge >= 0.3 is 0 Å². The van der Waals surface area contributed by atoms with Crippen molar-refractivity contribution in [3.05, 3.63) is 47.0 Å². The van der Waals surface area contributed by atoms with Crippen LogP contribution in [0.15, 0.2) is 36.4 Å². The van der Waals surface area contributed by atoms with Crippen LogP contribution in [0.4, 0.5) is 0 Å². The molecule has 2 aliphatic carbocycles. The first kappa shape index (κ1) is 16.3. The van der Waals surface area contributed by atoms with Crippen LogP contribution in [0, 0.1) is 23.7 Å². The third-order valence-corrected chi connectivity index (χ3v) is 5.87. The first-order chi connectivity index (χ1) is 12.0. The normalized spacial score (nSPS) is 29.4. The predicted octanol–water partition coefficient (Wildman–Crippen LogP) is 2.11. The molecule has 2 fully saturated rings. The fraction of sp³-hybridized carbons (Fsp3) is 0.421. The van der Waals surface area contributed by atoms with Crippen LogP contribution < -0.4 is 0 Å². The number of rotatable bonds is 4. The molecule has 0 aromatic heterocycles. The van der Waals surface area contributed by atoms with Crippen molar-refractivity contribution in [2.45, 2.75) is 13.0 Å². The molecule has 1 saturated carbocycles. The van der Waals surface area contributed by atoms with E-state index in [2.05, 4.69) is 12.2 Å². The van der Waals surface area contributed by atoms with E-state index in [0.717, 1.165) is 12.0 Å². The zero-order valence-electron chi connectivity index (χ0n) is 13.9. The van der Waals surface area contributed by atoms with Crippen LogP contribution in [-0.4, -0.2) is 41.1 Å². The molecule has 5 nitrogen and oxygen atoms in total. The van der Waals surface area contributed by atoms with Gasteiger partial charge in [0.2, 0.25) is 17.7 Å². The quantitative estimate of drug-likeness (QED) is 0.612. The summed E-state index contributed by atoms with van der Waals surface area (Å²) in [4.78, 5) is 40.5. The molecule has 3 amide bonds. The molecule has 2 bridgehead atoms. The Morgan fingerprint density at radius 2 is 1.68 bits per heavy atom. The van der Waals surface area contributed by atoms with Crippen LogP contribution in [0.3, 0.4) is 0 Å². The molecule has 25 heavy (non-hydrogen) atoms. The van der Waals surface area contributed by atoms with Gasteiger partial charge in [0, 0.05) is 18.6 Å². The molecule has 130 valence electrons. The lowest BCUT2D eigenvalue weighted by Crippen LogP contribution is -2.42. The van der Waals surface area contributed by atoms with E-state index >= 15 is 0 Å². The van der Waals surface area contributed by atoms with E-state index in [0.29, 0.717) is 11.6 Å². The summed E-state index contributed by atoms with van der Waals surface area (Å²) in [6, 6.07) is 7.25. The van der Waals surface area contributed by atoms with E-state index in [1.54, 1.807) is 19.2 Å². The van der Waals surface area contributed by atoms with E-state index in [9.17, 15) is 14.4 Å². The molecule has 4 rings (SSSR count). The second kappa shape index (κ2) is 5.99. The SMILES string of the molecule is CN(Cc1ccc(Cl)cc1)C(=O)CN1C(=O)C2C3C=CC(C3)C2C1=O. The first-order valence-electron chi connectivity index (χ1n) is 8.47. The molecule has 4 atom stereocenters. The number of benzene rings is 1. The minimum atomic E-state index is -0.253. The van der Waals surface area contributed by atoms with Gasteiger partial charge in [-0.05, 0) is 36.0 Å². The Balaban J connectivity index is 1.42. The van der Waals surface area contributed by atoms with Gasteiger partial charge in [-0.3, -0.25) is 19.3 Å². The molecular formula is C19H19ClN2O3. The van der Waals surface area contributed by atoms with E-state index in [1.165, 1.54) is 9.80 Å². The van der Waals surface area contributed by atoms with Crippen molar-refractivity contribution in [1.82, 2.24) is 9.80 Å². The number of likely N-dealkylation sites (N-methyl/N-ethyl adjacent to an activating group) is 1. The Labute approximate surface area is 151 Å². The summed E-state index contributed by atoms with van der Waals surface area (Å²) in [5.74, 6) is -0.775. The van der Waals surface area contributed by atoms with Gasteiger partial charge in [-0.25, -0.2) is 0 Å². The van der Waals surface area contributed by atoms with Gasteiger partial charge in [-0.15, -0.1) is 0 Å². The molecule has 0 N–H and O–H groups in total. The largest absolute Gasteiger partial charge is 0.340 e. The molecule has 3 aliphatic rings. The number of carbonyl (C=O) groups excluding carboxylic acids is 3. The van der Waals surface area contributed by atoms with E-state index in [4.69, 9.17) is 11.6 Å². The van der Waals surface area contributed by atoms with Gasteiger partial charge in [-0.2, -0.15) is 0 Å². The number of nitrogens with zero attached hydrogens (tertiary/aromatic N) is 2. The number of halogens is 1. The maximum absolute atomic E-state index is 12.6. The number of carbonyl (C=O) groups is 3. The lowest BCUT2D eigenvalue weighted by atomic mass is 9.85. The lowest BCUT2D eigenvalue weighted by Gasteiger charge is -2.22. The van der Waals surface area contributed by atoms with Crippen molar-refractivity contribution in [2.75, 3.05) is 13.6 Å². The molecule has 1 heterocycles. The second-order valence-corrected chi connectivity index (χ2v) is 7.58. The van der Waals surface area contributed by atoms with Crippen LogP contribution in [0.5, 0.6) is 0 Å². The number of hydrogen-bond acceptors (Lipinski definition) is 3. The number of allylic oxidation sites excluding steroid dienone is 2. The minimum Gasteiger partial charge on any atom is -0.340 e. The Hall–Kier alpha value is -2.14. The third kappa shape index (κ3) is 2.67. The van der Waals surface area contributed by atoms with Crippen LogP contribution in [0.2, 0.25) is 5.02 Å². The topological polar surface area (TPSA) is 57.7 Å². The molecule has 6 heteroatoms. The molecule has 0 radical (unpaired) electrons. The Morgan fingerprint density at radius 1 is 1.12 bits per heavy atom. The van der Waals surface area contributed by atoms with Gasteiger partial charge in [-0.1, -0.05) is 35.9 Å². The fourth-order valence-electron chi connectivity index (χ4n) is 4.33. The summed E-state index contributed by atoms with van der Waals surface area (Å²) < 4.78 is 0. The number of amides is 3. The van der Waals surface area contributed by atoms with Crippen molar-refractivity contribution >= 4 is 29.3 Å². The molecule has 1 saturated heterocycles. The molecule has 4 unspecified atom stereocenters. The second-order valence-electron chi connectivity index (χ2n) is 7.14. The summed E-state index contributed by atoms with van der Waals surface area (Å²) in [7, 11) is 1.67. The molecule has 1 aromatic carbocycles. The summed E-state index contributed by atoms with van der Waals surface area (Å²) in [5.41, 5.74) is 0.943. The average molecular weight is 359 g/mol. The highest BCUT2D eigenvalue weighted by molar-refractivity contribution is 6.30. The zero-order chi connectivity index (χ0) is 17.7. The van der Waals surface area contributed by atoms with Crippen LogP contribution in [-0.2, 0) is 20.9 Å². The highest BCUT2D eigenvalue weighted by Crippen LogP contribution is 2.52. The Bertz CT molecular complexity index is 743. The maximum Gasteiger partial charge on any atom is 0.242 e. The van der Waals surface area contributed by atoms with Crippen LogP contribution in [0.1, 0.15) is 12.0 Å². The number of imide groups is 1. The van der Waals surface area contributed by atoms with Crippen LogP contribution in [0.25, 0.3) is 0 Å². The lowest BCUT2D eigenvalue weighted by molar-refractivity contribution is -0.146. The van der Waals surface area contributed by atoms with Crippen molar-refractivity contribution in [1.29, 1.82) is 0 Å². The monoisotopic (exact) mass is 358 g/mol. The van der Waals surface area contributed by atoms with Gasteiger partial charge in [0.05, 0.1) is 11.8 Å². The highest BCUT2D eigenvalue weighted by atomic mass is 35.5. The summed E-state index contributed by atoms with van der Waals surface area (Å²) >= 11 is 5.86. The number of likely N-dealkylation sites (tertiary alicyclic amines) is 1. The Kier molecular flexibility index (Phi) is 3.91. The third-order valence-electron chi connectivity index (χ3n) is 5.61. The van der Waals surface area contributed by atoms with Gasteiger partial charge in [0.1, 0.15) is 6.54 Å². The van der Waals surface area contributed by atoms with Crippen molar-refractivity contribution in [2.24, 2.45) is 23.7 Å². The number of fused-ring (bicyclic) bond motifs is 5. The van der Waals surface area contributed by atoms with E-state index < -0.39 is 0 Å². The predicted molar refractivity (Wildman–Crippen MR) is 92.4 cm³/mol. The fourth-order valence-corrected chi connectivity index (χ4v) is 4.45. The standard InChI is InChI=1S/C19H19ClN2O3/c1-21(9-11-2-6-14(20)7-3-11)15(23)10-22-18(24)16-12-4-5-13(8-12)17(16)19(22)25/h2-7,12-13,16-17H,8-10H2,1H3. The van der Waals surface area contributed by atoms with Crippen molar-refractivity contribution in [3.63, 3.8) is 0 Å². The molecule has 1 aliphatic heterocycles. The highest BCUT2D eigenvalue weighted by Gasteiger charge is 2.59. The Morgan fingerprint density at radius 3 is 2.24 bits per heavy atom. The molecule has 1 aromatic rings. The van der Waals surface area contributed by atoms with Crippen molar-refractivity contribution in [3.8, 4) is 0 Å². The van der Waals surface area contributed by atoms with Gasteiger partial charge < -0.3 is 4.90 Å². The number of hydrogen-bond donors (Lipinski definition) is 0. The van der Waals surface area contributed by atoms with Gasteiger partial charge in [0.15, 0.2) is 0 Å². The maximum atomic E-state index is 12.6. The smallest absolute Gasteiger partial charge is 0.242 e. The first-order valence-corrected chi connectivity index (χ1v) is 8.85.